The number of benzene rings is 1. The number of halogens is 1. The minimum atomic E-state index is -0.492. The first kappa shape index (κ1) is 13.6. The first-order valence-corrected chi connectivity index (χ1v) is 6.35. The molecule has 0 aliphatic carbocycles. The van der Waals surface area contributed by atoms with Gasteiger partial charge < -0.3 is 5.32 Å². The van der Waals surface area contributed by atoms with E-state index in [-0.39, 0.29) is 5.91 Å². The highest BCUT2D eigenvalue weighted by Gasteiger charge is 2.23. The zero-order chi connectivity index (χ0) is 13.9. The first-order chi connectivity index (χ1) is 8.99. The van der Waals surface area contributed by atoms with E-state index in [1.165, 1.54) is 0 Å². The molecule has 0 saturated carbocycles. The molecule has 2 rings (SSSR count). The molecule has 0 saturated heterocycles. The second kappa shape index (κ2) is 5.41. The van der Waals surface area contributed by atoms with Gasteiger partial charge in [-0.2, -0.15) is 0 Å². The molecule has 0 atom stereocenters. The van der Waals surface area contributed by atoms with Crippen LogP contribution in [0.5, 0.6) is 0 Å². The number of rotatable bonds is 3. The molecule has 1 N–H and O–H groups in total. The van der Waals surface area contributed by atoms with Gasteiger partial charge in [-0.15, -0.1) is 0 Å². The highest BCUT2D eigenvalue weighted by Crippen LogP contribution is 2.20. The molecule has 0 unspecified atom stereocenters. The van der Waals surface area contributed by atoms with Gasteiger partial charge in [0.25, 0.3) is 5.91 Å². The minimum absolute atomic E-state index is 0.156. The van der Waals surface area contributed by atoms with Crippen LogP contribution < -0.4 is 5.32 Å². The van der Waals surface area contributed by atoms with Crippen molar-refractivity contribution in [3.05, 3.63) is 64.9 Å². The predicted molar refractivity (Wildman–Crippen MR) is 76.2 cm³/mol. The molecule has 1 amide bonds. The number of amides is 1. The molecular weight excluding hydrogens is 260 g/mol. The molecular formula is C15H15ClN2O. The molecule has 4 heteroatoms. The van der Waals surface area contributed by atoms with Crippen LogP contribution in [0, 0.1) is 0 Å². The maximum atomic E-state index is 12.2. The van der Waals surface area contributed by atoms with E-state index in [2.05, 4.69) is 10.3 Å². The summed E-state index contributed by atoms with van der Waals surface area (Å²) in [5.74, 6) is -0.156. The molecule has 0 aliphatic heterocycles. The van der Waals surface area contributed by atoms with Crippen LogP contribution in [0.4, 0.5) is 0 Å². The van der Waals surface area contributed by atoms with E-state index in [9.17, 15) is 4.79 Å². The van der Waals surface area contributed by atoms with Crippen LogP contribution in [-0.4, -0.2) is 10.9 Å². The molecule has 1 heterocycles. The van der Waals surface area contributed by atoms with Gasteiger partial charge in [0, 0.05) is 23.0 Å². The van der Waals surface area contributed by atoms with Gasteiger partial charge in [0.2, 0.25) is 0 Å². The Labute approximate surface area is 117 Å². The van der Waals surface area contributed by atoms with E-state index in [0.717, 1.165) is 5.56 Å². The van der Waals surface area contributed by atoms with Crippen molar-refractivity contribution in [3.63, 3.8) is 0 Å². The summed E-state index contributed by atoms with van der Waals surface area (Å²) in [6.07, 6.45) is 3.45. The topological polar surface area (TPSA) is 42.0 Å². The number of nitrogens with zero attached hydrogens (tertiary/aromatic N) is 1. The predicted octanol–water partition coefficient (Wildman–Crippen LogP) is 3.40. The van der Waals surface area contributed by atoms with Crippen LogP contribution in [0.3, 0.4) is 0 Å². The quantitative estimate of drug-likeness (QED) is 0.932. The average Bonchev–Trinajstić information content (AvgIpc) is 2.39. The number of carbonyl (C=O) groups is 1. The average molecular weight is 275 g/mol. The lowest BCUT2D eigenvalue weighted by molar-refractivity contribution is 0.0912. The van der Waals surface area contributed by atoms with E-state index in [0.29, 0.717) is 10.6 Å². The standard InChI is InChI=1S/C15H15ClN2O/c1-15(2,12-6-4-8-17-10-12)18-14(19)11-5-3-7-13(16)9-11/h3-10H,1-2H3,(H,18,19). The third kappa shape index (κ3) is 3.32. The highest BCUT2D eigenvalue weighted by molar-refractivity contribution is 6.30. The largest absolute Gasteiger partial charge is 0.343 e. The van der Waals surface area contributed by atoms with Gasteiger partial charge in [-0.25, -0.2) is 0 Å². The van der Waals surface area contributed by atoms with Gasteiger partial charge in [0.15, 0.2) is 0 Å². The van der Waals surface area contributed by atoms with Crippen molar-refractivity contribution in [2.45, 2.75) is 19.4 Å². The van der Waals surface area contributed by atoms with Crippen molar-refractivity contribution in [2.75, 3.05) is 0 Å². The normalized spacial score (nSPS) is 11.1. The number of carbonyl (C=O) groups excluding carboxylic acids is 1. The zero-order valence-corrected chi connectivity index (χ0v) is 11.6. The Bertz CT molecular complexity index is 582. The maximum absolute atomic E-state index is 12.2. The molecule has 0 spiro atoms. The van der Waals surface area contributed by atoms with E-state index in [4.69, 9.17) is 11.6 Å². The van der Waals surface area contributed by atoms with Crippen LogP contribution >= 0.6 is 11.6 Å². The molecule has 1 aromatic carbocycles. The molecule has 0 bridgehead atoms. The third-order valence-electron chi connectivity index (χ3n) is 2.90. The van der Waals surface area contributed by atoms with Gasteiger partial charge in [-0.1, -0.05) is 23.7 Å². The Balaban J connectivity index is 2.19. The van der Waals surface area contributed by atoms with Crippen molar-refractivity contribution in [2.24, 2.45) is 0 Å². The number of nitrogens with one attached hydrogen (secondary N) is 1. The minimum Gasteiger partial charge on any atom is -0.343 e. The van der Waals surface area contributed by atoms with Crippen molar-refractivity contribution in [1.29, 1.82) is 0 Å². The monoisotopic (exact) mass is 274 g/mol. The van der Waals surface area contributed by atoms with Crippen molar-refractivity contribution in [3.8, 4) is 0 Å². The second-order valence-electron chi connectivity index (χ2n) is 4.83. The maximum Gasteiger partial charge on any atom is 0.252 e. The van der Waals surface area contributed by atoms with Crippen LogP contribution in [0.2, 0.25) is 5.02 Å². The number of hydrogen-bond acceptors (Lipinski definition) is 2. The Kier molecular flexibility index (Phi) is 3.86. The zero-order valence-electron chi connectivity index (χ0n) is 10.9. The highest BCUT2D eigenvalue weighted by atomic mass is 35.5. The summed E-state index contributed by atoms with van der Waals surface area (Å²) in [7, 11) is 0. The summed E-state index contributed by atoms with van der Waals surface area (Å²) < 4.78 is 0. The second-order valence-corrected chi connectivity index (χ2v) is 5.27. The lowest BCUT2D eigenvalue weighted by Crippen LogP contribution is -2.41. The summed E-state index contributed by atoms with van der Waals surface area (Å²) >= 11 is 5.89. The van der Waals surface area contributed by atoms with E-state index in [1.54, 1.807) is 36.7 Å². The van der Waals surface area contributed by atoms with Crippen molar-refractivity contribution >= 4 is 17.5 Å². The van der Waals surface area contributed by atoms with Crippen LogP contribution in [0.1, 0.15) is 29.8 Å². The van der Waals surface area contributed by atoms with Gasteiger partial charge in [-0.05, 0) is 43.7 Å². The first-order valence-electron chi connectivity index (χ1n) is 5.97. The molecule has 19 heavy (non-hydrogen) atoms. The Hall–Kier alpha value is -1.87. The summed E-state index contributed by atoms with van der Waals surface area (Å²) in [6.45, 7) is 3.87. The Morgan fingerprint density at radius 2 is 2.05 bits per heavy atom. The van der Waals surface area contributed by atoms with Gasteiger partial charge in [0.05, 0.1) is 5.54 Å². The Morgan fingerprint density at radius 3 is 2.68 bits per heavy atom. The fourth-order valence-corrected chi connectivity index (χ4v) is 1.98. The lowest BCUT2D eigenvalue weighted by Gasteiger charge is -2.26. The summed E-state index contributed by atoms with van der Waals surface area (Å²) in [4.78, 5) is 16.3. The third-order valence-corrected chi connectivity index (χ3v) is 3.13. The molecule has 3 nitrogen and oxygen atoms in total. The van der Waals surface area contributed by atoms with Crippen molar-refractivity contribution in [1.82, 2.24) is 10.3 Å². The molecule has 98 valence electrons. The van der Waals surface area contributed by atoms with Crippen LogP contribution in [-0.2, 0) is 5.54 Å². The van der Waals surface area contributed by atoms with E-state index in [1.807, 2.05) is 26.0 Å². The Morgan fingerprint density at radius 1 is 1.26 bits per heavy atom. The molecule has 0 fully saturated rings. The van der Waals surface area contributed by atoms with Gasteiger partial charge >= 0.3 is 0 Å². The fraction of sp³-hybridized carbons (Fsp3) is 0.200. The molecule has 2 aromatic rings. The molecule has 0 aliphatic rings. The molecule has 0 radical (unpaired) electrons. The smallest absolute Gasteiger partial charge is 0.252 e. The van der Waals surface area contributed by atoms with Gasteiger partial charge in [-0.3, -0.25) is 9.78 Å². The number of aromatic nitrogens is 1. The van der Waals surface area contributed by atoms with Crippen LogP contribution in [0.25, 0.3) is 0 Å². The number of pyridine rings is 1. The lowest BCUT2D eigenvalue weighted by atomic mass is 9.95. The summed E-state index contributed by atoms with van der Waals surface area (Å²) in [5, 5.41) is 3.53. The van der Waals surface area contributed by atoms with Gasteiger partial charge in [0.1, 0.15) is 0 Å². The summed E-state index contributed by atoms with van der Waals surface area (Å²) in [5.41, 5.74) is 1.00. The van der Waals surface area contributed by atoms with E-state index < -0.39 is 5.54 Å². The van der Waals surface area contributed by atoms with Crippen molar-refractivity contribution < 1.29 is 4.79 Å². The summed E-state index contributed by atoms with van der Waals surface area (Å²) in [6, 6.07) is 10.7. The SMILES string of the molecule is CC(C)(NC(=O)c1cccc(Cl)c1)c1cccnc1. The molecule has 1 aromatic heterocycles. The van der Waals surface area contributed by atoms with E-state index >= 15 is 0 Å². The fourth-order valence-electron chi connectivity index (χ4n) is 1.79. The van der Waals surface area contributed by atoms with Crippen LogP contribution in [0.15, 0.2) is 48.8 Å². The number of hydrogen-bond donors (Lipinski definition) is 1.